The number of amides is 1. The topological polar surface area (TPSA) is 66.5 Å². The Labute approximate surface area is 249 Å². The lowest BCUT2D eigenvalue weighted by Gasteiger charge is -2.39. The lowest BCUT2D eigenvalue weighted by molar-refractivity contribution is -0.121. The van der Waals surface area contributed by atoms with E-state index < -0.39 is 23.4 Å². The highest BCUT2D eigenvalue weighted by atomic mass is 32.1. The van der Waals surface area contributed by atoms with Gasteiger partial charge in [-0.2, -0.15) is 0 Å². The van der Waals surface area contributed by atoms with Gasteiger partial charge in [0.2, 0.25) is 5.91 Å². The highest BCUT2D eigenvalue weighted by Gasteiger charge is 2.70. The molecular formula is C36H32N2O3S. The van der Waals surface area contributed by atoms with E-state index in [-0.39, 0.29) is 17.5 Å². The molecule has 1 spiro atoms. The minimum atomic E-state index is -1.29. The molecule has 5 nitrogen and oxygen atoms in total. The summed E-state index contributed by atoms with van der Waals surface area (Å²) in [5, 5.41) is 4.99. The molecule has 7 rings (SSSR count). The van der Waals surface area contributed by atoms with Crippen molar-refractivity contribution in [3.05, 3.63) is 123 Å². The summed E-state index contributed by atoms with van der Waals surface area (Å²) >= 11 is 1.37. The number of benzene rings is 3. The molecule has 4 aromatic rings. The first-order valence-corrected chi connectivity index (χ1v) is 15.4. The normalized spacial score (nSPS) is 23.7. The molecule has 3 aromatic carbocycles. The quantitative estimate of drug-likeness (QED) is 0.247. The van der Waals surface area contributed by atoms with Crippen LogP contribution in [-0.4, -0.2) is 29.6 Å². The zero-order chi connectivity index (χ0) is 29.2. The number of hydrogen-bond acceptors (Lipinski definition) is 5. The summed E-state index contributed by atoms with van der Waals surface area (Å²) in [5.74, 6) is -1.51. The molecule has 3 aliphatic heterocycles. The fourth-order valence-electron chi connectivity index (χ4n) is 7.41. The number of aryl methyl sites for hydroxylation is 2. The van der Waals surface area contributed by atoms with Gasteiger partial charge in [0.25, 0.3) is 0 Å². The number of hydrogen-bond donors (Lipinski definition) is 1. The zero-order valence-electron chi connectivity index (χ0n) is 23.9. The molecule has 1 aromatic heterocycles. The number of ketones is 2. The number of para-hydroxylation sites is 1. The molecule has 42 heavy (non-hydrogen) atoms. The van der Waals surface area contributed by atoms with E-state index in [0.29, 0.717) is 16.1 Å². The van der Waals surface area contributed by atoms with Gasteiger partial charge in [-0.1, -0.05) is 79.6 Å². The Balaban J connectivity index is 1.52. The van der Waals surface area contributed by atoms with Gasteiger partial charge in [0.1, 0.15) is 11.5 Å². The first-order valence-electron chi connectivity index (χ1n) is 14.6. The monoisotopic (exact) mass is 572 g/mol. The van der Waals surface area contributed by atoms with Crippen LogP contribution in [0.1, 0.15) is 62.6 Å². The van der Waals surface area contributed by atoms with Crippen LogP contribution in [0.4, 0.5) is 11.4 Å². The molecule has 0 saturated carbocycles. The number of carbonyl (C=O) groups excluding carboxylic acids is 3. The van der Waals surface area contributed by atoms with E-state index in [1.807, 2.05) is 78.2 Å². The number of anilines is 2. The van der Waals surface area contributed by atoms with Gasteiger partial charge in [-0.3, -0.25) is 14.4 Å². The van der Waals surface area contributed by atoms with Crippen molar-refractivity contribution in [1.29, 1.82) is 0 Å². The second-order valence-electron chi connectivity index (χ2n) is 11.7. The van der Waals surface area contributed by atoms with Crippen molar-refractivity contribution >= 4 is 45.8 Å². The molecule has 0 unspecified atom stereocenters. The third-order valence-electron chi connectivity index (χ3n) is 9.22. The molecule has 4 heterocycles. The highest BCUT2D eigenvalue weighted by molar-refractivity contribution is 7.12. The number of carbonyl (C=O) groups is 3. The fraction of sp³-hybridized carbons (Fsp3) is 0.250. The van der Waals surface area contributed by atoms with Gasteiger partial charge in [0.15, 0.2) is 11.6 Å². The van der Waals surface area contributed by atoms with E-state index in [4.69, 9.17) is 0 Å². The van der Waals surface area contributed by atoms with Gasteiger partial charge in [-0.25, -0.2) is 0 Å². The van der Waals surface area contributed by atoms with Crippen LogP contribution >= 0.6 is 11.3 Å². The summed E-state index contributed by atoms with van der Waals surface area (Å²) < 4.78 is 0. The maximum Gasteiger partial charge on any atom is 0.238 e. The Morgan fingerprint density at radius 3 is 2.48 bits per heavy atom. The summed E-state index contributed by atoms with van der Waals surface area (Å²) in [4.78, 5) is 46.7. The minimum Gasteiger partial charge on any atom is -0.352 e. The second kappa shape index (κ2) is 9.92. The number of rotatable bonds is 6. The number of allylic oxidation sites excluding steroid dienone is 1. The van der Waals surface area contributed by atoms with Crippen molar-refractivity contribution in [2.75, 3.05) is 10.2 Å². The van der Waals surface area contributed by atoms with E-state index in [1.165, 1.54) is 11.3 Å². The molecule has 1 fully saturated rings. The summed E-state index contributed by atoms with van der Waals surface area (Å²) in [7, 11) is 0. The standard InChI is InChI=1S/C36H32N2O3S/c1-4-8-23-13-15-24(16-14-23)33(39)31-32(34(40)29-11-7-18-42-29)38-28-17-12-21(2)19-25(28)22(3)20-30(38)36(31)26-9-5-6-10-27(26)37-35(36)41/h5-7,9-20,30-32H,4,8H2,1-3H3,(H,37,41)/t30-,31-,32+,36+/m1/s1. The van der Waals surface area contributed by atoms with E-state index in [9.17, 15) is 14.4 Å². The Bertz CT molecular complexity index is 1770. The molecule has 1 N–H and O–H groups in total. The van der Waals surface area contributed by atoms with Crippen molar-refractivity contribution in [3.8, 4) is 0 Å². The SMILES string of the molecule is CCCc1ccc(C(=O)[C@H]2[C@@H](C(=O)c3cccs3)N3c4ccc(C)cc4C(C)=C[C@@H]3[C@]23C(=O)Nc2ccccc23)cc1. The van der Waals surface area contributed by atoms with Crippen LogP contribution in [0.5, 0.6) is 0 Å². The predicted molar refractivity (Wildman–Crippen MR) is 169 cm³/mol. The zero-order valence-corrected chi connectivity index (χ0v) is 24.7. The smallest absolute Gasteiger partial charge is 0.238 e. The number of fused-ring (bicyclic) bond motifs is 6. The molecular weight excluding hydrogens is 540 g/mol. The Hall–Kier alpha value is -4.29. The van der Waals surface area contributed by atoms with Gasteiger partial charge in [-0.05, 0) is 66.6 Å². The van der Waals surface area contributed by atoms with Crippen LogP contribution in [0.2, 0.25) is 0 Å². The van der Waals surface area contributed by atoms with Gasteiger partial charge in [0, 0.05) is 22.5 Å². The summed E-state index contributed by atoms with van der Waals surface area (Å²) in [6.45, 7) is 6.23. The molecule has 6 heteroatoms. The Morgan fingerprint density at radius 1 is 0.952 bits per heavy atom. The Morgan fingerprint density at radius 2 is 1.74 bits per heavy atom. The van der Waals surface area contributed by atoms with Crippen molar-refractivity contribution in [1.82, 2.24) is 0 Å². The van der Waals surface area contributed by atoms with E-state index in [0.717, 1.165) is 46.4 Å². The molecule has 210 valence electrons. The molecule has 0 bridgehead atoms. The van der Waals surface area contributed by atoms with Crippen molar-refractivity contribution in [2.24, 2.45) is 5.92 Å². The Kier molecular flexibility index (Phi) is 6.28. The van der Waals surface area contributed by atoms with Gasteiger partial charge < -0.3 is 10.2 Å². The van der Waals surface area contributed by atoms with E-state index >= 15 is 0 Å². The molecule has 0 radical (unpaired) electrons. The fourth-order valence-corrected chi connectivity index (χ4v) is 8.11. The molecule has 1 amide bonds. The number of Topliss-reactive ketones (excluding diaryl/α,β-unsaturated/α-hetero) is 2. The van der Waals surface area contributed by atoms with Crippen LogP contribution in [-0.2, 0) is 16.6 Å². The predicted octanol–water partition coefficient (Wildman–Crippen LogP) is 7.26. The average Bonchev–Trinajstić information content (AvgIpc) is 3.70. The van der Waals surface area contributed by atoms with Crippen molar-refractivity contribution in [2.45, 2.75) is 51.1 Å². The lowest BCUT2D eigenvalue weighted by Crippen LogP contribution is -2.51. The van der Waals surface area contributed by atoms with Crippen molar-refractivity contribution < 1.29 is 14.4 Å². The average molecular weight is 573 g/mol. The molecule has 3 aliphatic rings. The largest absolute Gasteiger partial charge is 0.352 e. The van der Waals surface area contributed by atoms with E-state index in [1.54, 1.807) is 0 Å². The lowest BCUT2D eigenvalue weighted by atomic mass is 9.64. The van der Waals surface area contributed by atoms with Crippen LogP contribution in [0.3, 0.4) is 0 Å². The number of nitrogens with zero attached hydrogens (tertiary/aromatic N) is 1. The highest BCUT2D eigenvalue weighted by Crippen LogP contribution is 2.59. The van der Waals surface area contributed by atoms with Crippen LogP contribution < -0.4 is 10.2 Å². The van der Waals surface area contributed by atoms with Crippen LogP contribution in [0, 0.1) is 12.8 Å². The summed E-state index contributed by atoms with van der Waals surface area (Å²) in [6, 6.07) is 23.8. The van der Waals surface area contributed by atoms with E-state index in [2.05, 4.69) is 43.1 Å². The third-order valence-corrected chi connectivity index (χ3v) is 10.1. The first-order chi connectivity index (χ1) is 20.4. The molecule has 4 atom stereocenters. The van der Waals surface area contributed by atoms with Crippen molar-refractivity contribution in [3.63, 3.8) is 0 Å². The number of nitrogens with one attached hydrogen (secondary N) is 1. The van der Waals surface area contributed by atoms with Crippen LogP contribution in [0.15, 0.2) is 90.3 Å². The minimum absolute atomic E-state index is 0.135. The molecule has 1 saturated heterocycles. The third kappa shape index (κ3) is 3.71. The van der Waals surface area contributed by atoms with Crippen LogP contribution in [0.25, 0.3) is 5.57 Å². The maximum absolute atomic E-state index is 14.9. The van der Waals surface area contributed by atoms with Gasteiger partial charge >= 0.3 is 0 Å². The van der Waals surface area contributed by atoms with Gasteiger partial charge in [-0.15, -0.1) is 11.3 Å². The summed E-state index contributed by atoms with van der Waals surface area (Å²) in [5.41, 5.74) is 5.90. The second-order valence-corrected chi connectivity index (χ2v) is 12.6. The molecule has 0 aliphatic carbocycles. The van der Waals surface area contributed by atoms with Gasteiger partial charge in [0.05, 0.1) is 16.8 Å². The maximum atomic E-state index is 14.9. The number of thiophene rings is 1. The first kappa shape index (κ1) is 26.6. The summed E-state index contributed by atoms with van der Waals surface area (Å²) in [6.07, 6.45) is 4.04.